The second-order valence-electron chi connectivity index (χ2n) is 6.37. The summed E-state index contributed by atoms with van der Waals surface area (Å²) in [6.45, 7) is 9.84. The number of hydrogen-bond donors (Lipinski definition) is 2. The van der Waals surface area contributed by atoms with E-state index in [9.17, 15) is 14.7 Å². The van der Waals surface area contributed by atoms with E-state index in [2.05, 4.69) is 29.9 Å². The third-order valence-corrected chi connectivity index (χ3v) is 4.43. The summed E-state index contributed by atoms with van der Waals surface area (Å²) in [5, 5.41) is 14.6. The second kappa shape index (κ2) is 8.45. The van der Waals surface area contributed by atoms with Crippen molar-refractivity contribution in [1.82, 2.24) is 0 Å². The number of nitrogens with one attached hydrogen (secondary N) is 1. The molecule has 5 heteroatoms. The van der Waals surface area contributed by atoms with Crippen LogP contribution in [0.15, 0.2) is 23.3 Å². The van der Waals surface area contributed by atoms with Crippen molar-refractivity contribution >= 4 is 35.3 Å². The van der Waals surface area contributed by atoms with Crippen LogP contribution in [0.3, 0.4) is 0 Å². The van der Waals surface area contributed by atoms with Gasteiger partial charge in [0.2, 0.25) is 0 Å². The number of carbonyl (C=O) groups is 1. The zero-order valence-electron chi connectivity index (χ0n) is 15.5. The number of allylic oxidation sites excluding steroid dienone is 3. The van der Waals surface area contributed by atoms with Crippen LogP contribution in [-0.2, 0) is 9.59 Å². The number of phenols is 1. The zero-order valence-corrected chi connectivity index (χ0v) is 15.5. The highest BCUT2D eigenvalue weighted by Gasteiger charge is 2.22. The first-order valence-corrected chi connectivity index (χ1v) is 8.74. The van der Waals surface area contributed by atoms with Gasteiger partial charge in [-0.3, -0.25) is 4.79 Å². The number of unbranched alkanes of at least 4 members (excludes halogenated alkanes) is 3. The first-order valence-electron chi connectivity index (χ1n) is 8.74. The fraction of sp³-hybridized carbons (Fsp3) is 0.333. The van der Waals surface area contributed by atoms with E-state index < -0.39 is 5.91 Å². The monoisotopic (exact) mass is 352 g/mol. The molecule has 1 heterocycles. The molecule has 2 rings (SSSR count). The zero-order chi connectivity index (χ0) is 19.3. The predicted octanol–water partition coefficient (Wildman–Crippen LogP) is 3.11. The van der Waals surface area contributed by atoms with Gasteiger partial charge in [-0.05, 0) is 37.8 Å². The summed E-state index contributed by atoms with van der Waals surface area (Å²) >= 11 is 0. The lowest BCUT2D eigenvalue weighted by atomic mass is 9.92. The lowest BCUT2D eigenvalue weighted by molar-refractivity contribution is -0.113. The first kappa shape index (κ1) is 19.4. The maximum Gasteiger partial charge on any atom is 0.270 e. The summed E-state index contributed by atoms with van der Waals surface area (Å²) in [6, 6.07) is 0. The van der Waals surface area contributed by atoms with E-state index in [0.29, 0.717) is 33.0 Å². The van der Waals surface area contributed by atoms with Gasteiger partial charge in [0.15, 0.2) is 0 Å². The highest BCUT2D eigenvalue weighted by Crippen LogP contribution is 2.35. The Morgan fingerprint density at radius 3 is 2.81 bits per heavy atom. The van der Waals surface area contributed by atoms with Crippen LogP contribution in [-0.4, -0.2) is 17.0 Å². The molecule has 0 spiro atoms. The molecule has 0 aliphatic carbocycles. The topological polar surface area (TPSA) is 78.8 Å². The lowest BCUT2D eigenvalue weighted by Crippen LogP contribution is -2.33. The van der Waals surface area contributed by atoms with Gasteiger partial charge in [-0.1, -0.05) is 32.4 Å². The van der Waals surface area contributed by atoms with Gasteiger partial charge < -0.3 is 10.4 Å². The molecule has 1 aliphatic rings. The number of aromatic hydroxyl groups is 1. The predicted molar refractivity (Wildman–Crippen MR) is 105 cm³/mol. The van der Waals surface area contributed by atoms with Gasteiger partial charge in [-0.25, -0.2) is 9.79 Å². The molecule has 1 aromatic carbocycles. The Balaban J connectivity index is 2.72. The Bertz CT molecular complexity index is 949. The average molecular weight is 352 g/mol. The van der Waals surface area contributed by atoms with Crippen molar-refractivity contribution in [1.29, 1.82) is 0 Å². The van der Waals surface area contributed by atoms with Crippen LogP contribution in [0.5, 0.6) is 5.75 Å². The molecule has 0 bridgehead atoms. The second-order valence-corrected chi connectivity index (χ2v) is 6.37. The standard InChI is InChI=1S/C21H24N2O3/c1-5-6-7-8-9-13(2)17-19(22-10-11-24)15(4)20-18(21(17)26)14(3)12-16(25)23-20/h9-10,12,22,26H,4-8H2,1-3H3/b13-9-. The molecule has 0 radical (unpaired) electrons. The van der Waals surface area contributed by atoms with E-state index in [4.69, 9.17) is 0 Å². The van der Waals surface area contributed by atoms with Crippen LogP contribution in [0.1, 0.15) is 57.6 Å². The molecule has 0 aromatic heterocycles. The molecule has 0 saturated carbocycles. The average Bonchev–Trinajstić information content (AvgIpc) is 2.59. The fourth-order valence-electron chi connectivity index (χ4n) is 3.13. The molecular weight excluding hydrogens is 328 g/mol. The minimum Gasteiger partial charge on any atom is -0.507 e. The fourth-order valence-corrected chi connectivity index (χ4v) is 3.13. The van der Waals surface area contributed by atoms with E-state index >= 15 is 0 Å². The minimum absolute atomic E-state index is 0.0310. The molecule has 26 heavy (non-hydrogen) atoms. The Kier molecular flexibility index (Phi) is 6.31. The van der Waals surface area contributed by atoms with Crippen LogP contribution < -0.4 is 15.9 Å². The Morgan fingerprint density at radius 1 is 1.42 bits per heavy atom. The van der Waals surface area contributed by atoms with E-state index in [1.54, 1.807) is 12.9 Å². The SMILES string of the molecule is C=c1c(NC=C=O)c(/C(C)=C\CCCCC)c(O)c2c1=NC(=O)C=C2C. The molecule has 1 aromatic rings. The van der Waals surface area contributed by atoms with Crippen molar-refractivity contribution in [2.45, 2.75) is 46.5 Å². The van der Waals surface area contributed by atoms with Crippen molar-refractivity contribution in [3.05, 3.63) is 40.1 Å². The van der Waals surface area contributed by atoms with Gasteiger partial charge >= 0.3 is 0 Å². The molecule has 1 amide bonds. The number of benzene rings is 1. The lowest BCUT2D eigenvalue weighted by Gasteiger charge is -2.18. The summed E-state index contributed by atoms with van der Waals surface area (Å²) < 4.78 is 0. The third kappa shape index (κ3) is 3.84. The van der Waals surface area contributed by atoms with E-state index in [1.807, 2.05) is 6.92 Å². The number of rotatable bonds is 7. The number of hydrogen-bond acceptors (Lipinski definition) is 4. The third-order valence-electron chi connectivity index (χ3n) is 4.43. The number of amides is 1. The van der Waals surface area contributed by atoms with Gasteiger partial charge in [0.25, 0.3) is 5.91 Å². The van der Waals surface area contributed by atoms with Crippen molar-refractivity contribution in [2.75, 3.05) is 5.32 Å². The maximum absolute atomic E-state index is 11.8. The summed E-state index contributed by atoms with van der Waals surface area (Å²) in [5.74, 6) is 1.30. The largest absolute Gasteiger partial charge is 0.507 e. The van der Waals surface area contributed by atoms with Crippen molar-refractivity contribution in [2.24, 2.45) is 4.99 Å². The first-order chi connectivity index (χ1) is 12.4. The van der Waals surface area contributed by atoms with E-state index in [-0.39, 0.29) is 5.75 Å². The summed E-state index contributed by atoms with van der Waals surface area (Å²) in [6.07, 6.45) is 8.80. The number of anilines is 1. The summed E-state index contributed by atoms with van der Waals surface area (Å²) in [5.41, 5.74) is 3.04. The quantitative estimate of drug-likeness (QED) is 0.584. The normalized spacial score (nSPS) is 13.4. The molecule has 0 saturated heterocycles. The van der Waals surface area contributed by atoms with Crippen molar-refractivity contribution in [3.63, 3.8) is 0 Å². The van der Waals surface area contributed by atoms with Gasteiger partial charge in [0.05, 0.1) is 17.2 Å². The number of fused-ring (bicyclic) bond motifs is 1. The van der Waals surface area contributed by atoms with Gasteiger partial charge in [-0.2, -0.15) is 0 Å². The molecule has 5 nitrogen and oxygen atoms in total. The van der Waals surface area contributed by atoms with Gasteiger partial charge in [-0.15, -0.1) is 0 Å². The highest BCUT2D eigenvalue weighted by atomic mass is 16.3. The molecule has 0 unspecified atom stereocenters. The van der Waals surface area contributed by atoms with Crippen molar-refractivity contribution < 1.29 is 14.7 Å². The Morgan fingerprint density at radius 2 is 2.15 bits per heavy atom. The Hall–Kier alpha value is -2.91. The van der Waals surface area contributed by atoms with Gasteiger partial charge in [0, 0.05) is 22.4 Å². The number of phenolic OH excluding ortho intramolecular Hbond substituents is 1. The van der Waals surface area contributed by atoms with Crippen LogP contribution in [0.2, 0.25) is 0 Å². The van der Waals surface area contributed by atoms with E-state index in [0.717, 1.165) is 37.5 Å². The molecular formula is C21H24N2O3. The number of carbonyl (C=O) groups excluding carboxylic acids is 2. The maximum atomic E-state index is 11.8. The number of nitrogens with zero attached hydrogens (tertiary/aromatic N) is 1. The Labute approximate surface area is 153 Å². The smallest absolute Gasteiger partial charge is 0.270 e. The molecule has 0 fully saturated rings. The van der Waals surface area contributed by atoms with Crippen molar-refractivity contribution in [3.8, 4) is 5.75 Å². The summed E-state index contributed by atoms with van der Waals surface area (Å²) in [7, 11) is 0. The van der Waals surface area contributed by atoms with E-state index in [1.165, 1.54) is 6.08 Å². The van der Waals surface area contributed by atoms with Gasteiger partial charge in [0.1, 0.15) is 11.7 Å². The molecule has 1 aliphatic heterocycles. The highest BCUT2D eigenvalue weighted by molar-refractivity contribution is 5.99. The van der Waals surface area contributed by atoms with Crippen LogP contribution in [0.25, 0.3) is 17.7 Å². The molecule has 136 valence electrons. The molecule has 2 N–H and O–H groups in total. The van der Waals surface area contributed by atoms with Crippen LogP contribution >= 0.6 is 0 Å². The van der Waals surface area contributed by atoms with Crippen LogP contribution in [0.4, 0.5) is 5.69 Å². The van der Waals surface area contributed by atoms with Crippen LogP contribution in [0, 0.1) is 0 Å². The molecule has 0 atom stereocenters. The summed E-state index contributed by atoms with van der Waals surface area (Å²) in [4.78, 5) is 26.5. The minimum atomic E-state index is -0.393.